The average molecular weight is 326 g/mol. The summed E-state index contributed by atoms with van der Waals surface area (Å²) >= 11 is 5.75. The maximum absolute atomic E-state index is 12.2. The van der Waals surface area contributed by atoms with E-state index in [1.807, 2.05) is 21.9 Å². The first kappa shape index (κ1) is 14.8. The van der Waals surface area contributed by atoms with Gasteiger partial charge in [0.1, 0.15) is 5.76 Å². The van der Waals surface area contributed by atoms with Gasteiger partial charge >= 0.3 is 0 Å². The molecule has 1 aromatic rings. The summed E-state index contributed by atoms with van der Waals surface area (Å²) in [6.45, 7) is 1.89. The summed E-state index contributed by atoms with van der Waals surface area (Å²) in [7, 11) is 0. The summed E-state index contributed by atoms with van der Waals surface area (Å²) in [6.07, 6.45) is 3.25. The van der Waals surface area contributed by atoms with Crippen molar-refractivity contribution in [1.29, 1.82) is 0 Å². The number of rotatable bonds is 3. The van der Waals surface area contributed by atoms with E-state index in [4.69, 9.17) is 4.42 Å². The van der Waals surface area contributed by atoms with Crippen molar-refractivity contribution in [2.75, 3.05) is 24.6 Å². The predicted molar refractivity (Wildman–Crippen MR) is 84.1 cm³/mol. The van der Waals surface area contributed by atoms with Gasteiger partial charge in [0, 0.05) is 13.1 Å². The van der Waals surface area contributed by atoms with E-state index in [0.29, 0.717) is 25.4 Å². The van der Waals surface area contributed by atoms with Crippen LogP contribution in [-0.4, -0.2) is 51.1 Å². The number of hydrogen-bond acceptors (Lipinski definition) is 5. The lowest BCUT2D eigenvalue weighted by atomic mass is 10.0. The Balaban J connectivity index is 1.71. The molecule has 0 saturated carbocycles. The number of thiol groups is 1. The van der Waals surface area contributed by atoms with E-state index in [1.54, 1.807) is 18.0 Å². The summed E-state index contributed by atoms with van der Waals surface area (Å²) in [5.74, 6) is 1.79. The fraction of sp³-hybridized carbons (Fsp3) is 0.571. The van der Waals surface area contributed by atoms with Crippen molar-refractivity contribution in [2.45, 2.75) is 24.3 Å². The quantitative estimate of drug-likeness (QED) is 0.858. The Kier molecular flexibility index (Phi) is 4.21. The van der Waals surface area contributed by atoms with Crippen LogP contribution in [0.5, 0.6) is 0 Å². The van der Waals surface area contributed by atoms with Gasteiger partial charge in [-0.15, -0.1) is 11.8 Å². The number of carbonyl (C=O) groups is 2. The van der Waals surface area contributed by atoms with Crippen LogP contribution in [0.4, 0.5) is 0 Å². The predicted octanol–water partition coefficient (Wildman–Crippen LogP) is 1.60. The zero-order valence-electron chi connectivity index (χ0n) is 11.7. The van der Waals surface area contributed by atoms with Crippen LogP contribution in [0.15, 0.2) is 22.8 Å². The van der Waals surface area contributed by atoms with Gasteiger partial charge in [-0.1, -0.05) is 0 Å². The van der Waals surface area contributed by atoms with Crippen LogP contribution < -0.4 is 0 Å². The lowest BCUT2D eigenvalue weighted by Gasteiger charge is -2.43. The molecule has 2 aliphatic heterocycles. The molecule has 2 saturated heterocycles. The summed E-state index contributed by atoms with van der Waals surface area (Å²) in [4.78, 5) is 27.5. The van der Waals surface area contributed by atoms with E-state index in [2.05, 4.69) is 12.6 Å². The molecule has 0 atom stereocenters. The van der Waals surface area contributed by atoms with Gasteiger partial charge in [-0.2, -0.15) is 12.6 Å². The summed E-state index contributed by atoms with van der Waals surface area (Å²) in [5.41, 5.74) is 0. The lowest BCUT2D eigenvalue weighted by Crippen LogP contribution is -2.52. The first-order valence-electron chi connectivity index (χ1n) is 7.00. The normalized spacial score (nSPS) is 21.3. The number of thioether (sulfide) groups is 1. The van der Waals surface area contributed by atoms with Crippen LogP contribution in [-0.2, 0) is 16.1 Å². The molecule has 0 bridgehead atoms. The van der Waals surface area contributed by atoms with Crippen LogP contribution >= 0.6 is 24.4 Å². The fourth-order valence-corrected chi connectivity index (χ4v) is 4.53. The Morgan fingerprint density at radius 2 is 2.19 bits per heavy atom. The molecule has 114 valence electrons. The van der Waals surface area contributed by atoms with Crippen molar-refractivity contribution in [3.63, 3.8) is 0 Å². The topological polar surface area (TPSA) is 53.8 Å². The van der Waals surface area contributed by atoms with Gasteiger partial charge in [-0.25, -0.2) is 0 Å². The number of hydrogen-bond donors (Lipinski definition) is 1. The molecular weight excluding hydrogens is 308 g/mol. The molecule has 7 heteroatoms. The summed E-state index contributed by atoms with van der Waals surface area (Å²) in [5, 5.41) is 0. The number of furan rings is 1. The van der Waals surface area contributed by atoms with Crippen LogP contribution in [0.3, 0.4) is 0 Å². The minimum Gasteiger partial charge on any atom is -0.467 e. The van der Waals surface area contributed by atoms with Gasteiger partial charge in [0.25, 0.3) is 0 Å². The maximum Gasteiger partial charge on any atom is 0.234 e. The van der Waals surface area contributed by atoms with E-state index in [1.165, 1.54) is 0 Å². The van der Waals surface area contributed by atoms with Crippen molar-refractivity contribution in [1.82, 2.24) is 9.80 Å². The van der Waals surface area contributed by atoms with Gasteiger partial charge in [-0.05, 0) is 25.0 Å². The first-order chi connectivity index (χ1) is 10.1. The lowest BCUT2D eigenvalue weighted by molar-refractivity contribution is -0.134. The van der Waals surface area contributed by atoms with Gasteiger partial charge in [0.2, 0.25) is 11.8 Å². The van der Waals surface area contributed by atoms with Crippen molar-refractivity contribution in [2.24, 2.45) is 0 Å². The monoisotopic (exact) mass is 326 g/mol. The zero-order valence-corrected chi connectivity index (χ0v) is 13.4. The molecule has 2 amide bonds. The van der Waals surface area contributed by atoms with Gasteiger partial charge in [0.15, 0.2) is 0 Å². The Labute approximate surface area is 133 Å². The van der Waals surface area contributed by atoms with Gasteiger partial charge < -0.3 is 14.2 Å². The van der Waals surface area contributed by atoms with E-state index in [9.17, 15) is 9.59 Å². The molecule has 3 rings (SSSR count). The second kappa shape index (κ2) is 5.96. The Morgan fingerprint density at radius 3 is 2.81 bits per heavy atom. The van der Waals surface area contributed by atoms with Crippen molar-refractivity contribution in [3.05, 3.63) is 24.2 Å². The summed E-state index contributed by atoms with van der Waals surface area (Å²) < 4.78 is 5.38. The molecule has 3 heterocycles. The second-order valence-electron chi connectivity index (χ2n) is 5.33. The highest BCUT2D eigenvalue weighted by Gasteiger charge is 2.48. The zero-order chi connectivity index (χ0) is 14.9. The molecule has 1 spiro atoms. The largest absolute Gasteiger partial charge is 0.467 e. The number of carbonyl (C=O) groups excluding carboxylic acids is 2. The standard InChI is InChI=1S/C14H18N2O3S2/c17-12(9-20)15-5-3-14(4-6-15)16(13(18)10-21-14)8-11-2-1-7-19-11/h1-2,7,20H,3-6,8-10H2. The minimum atomic E-state index is -0.183. The third kappa shape index (κ3) is 2.81. The Bertz CT molecular complexity index is 524. The van der Waals surface area contributed by atoms with Gasteiger partial charge in [0.05, 0.1) is 29.2 Å². The molecule has 0 aromatic carbocycles. The number of likely N-dealkylation sites (tertiary alicyclic amines) is 1. The van der Waals surface area contributed by atoms with Crippen LogP contribution in [0.2, 0.25) is 0 Å². The molecule has 2 fully saturated rings. The molecule has 0 radical (unpaired) electrons. The molecule has 0 unspecified atom stereocenters. The maximum atomic E-state index is 12.2. The van der Waals surface area contributed by atoms with Crippen molar-refractivity contribution < 1.29 is 14.0 Å². The highest BCUT2D eigenvalue weighted by atomic mass is 32.2. The number of amides is 2. The fourth-order valence-electron chi connectivity index (χ4n) is 2.99. The molecule has 2 aliphatic rings. The minimum absolute atomic E-state index is 0.0695. The smallest absolute Gasteiger partial charge is 0.234 e. The van der Waals surface area contributed by atoms with Gasteiger partial charge in [-0.3, -0.25) is 9.59 Å². The number of piperidine rings is 1. The molecule has 5 nitrogen and oxygen atoms in total. The van der Waals surface area contributed by atoms with Crippen molar-refractivity contribution in [3.8, 4) is 0 Å². The molecule has 0 aliphatic carbocycles. The third-order valence-corrected chi connectivity index (χ3v) is 6.01. The highest BCUT2D eigenvalue weighted by Crippen LogP contribution is 2.45. The first-order valence-corrected chi connectivity index (χ1v) is 8.62. The SMILES string of the molecule is O=C(CS)N1CCC2(CC1)SCC(=O)N2Cc1ccco1. The summed E-state index contributed by atoms with van der Waals surface area (Å²) in [6, 6.07) is 3.73. The molecule has 21 heavy (non-hydrogen) atoms. The van der Waals surface area contributed by atoms with E-state index in [-0.39, 0.29) is 22.4 Å². The Hall–Kier alpha value is -1.08. The van der Waals surface area contributed by atoms with E-state index < -0.39 is 0 Å². The highest BCUT2D eigenvalue weighted by molar-refractivity contribution is 8.01. The molecular formula is C14H18N2O3S2. The van der Waals surface area contributed by atoms with Crippen LogP contribution in [0.1, 0.15) is 18.6 Å². The average Bonchev–Trinajstić information content (AvgIpc) is 3.12. The molecule has 1 aromatic heterocycles. The van der Waals surface area contributed by atoms with Crippen LogP contribution in [0, 0.1) is 0 Å². The van der Waals surface area contributed by atoms with E-state index >= 15 is 0 Å². The van der Waals surface area contributed by atoms with E-state index in [0.717, 1.165) is 18.6 Å². The third-order valence-electron chi connectivity index (χ3n) is 4.18. The molecule has 0 N–H and O–H groups in total. The van der Waals surface area contributed by atoms with Crippen LogP contribution in [0.25, 0.3) is 0 Å². The Morgan fingerprint density at radius 1 is 1.43 bits per heavy atom. The second-order valence-corrected chi connectivity index (χ2v) is 6.99. The van der Waals surface area contributed by atoms with Crippen molar-refractivity contribution >= 4 is 36.2 Å². The number of nitrogens with zero attached hydrogens (tertiary/aromatic N) is 2.